The molecule has 0 saturated carbocycles. The summed E-state index contributed by atoms with van der Waals surface area (Å²) >= 11 is 0. The van der Waals surface area contributed by atoms with E-state index >= 15 is 0 Å². The fourth-order valence-electron chi connectivity index (χ4n) is 2.79. The smallest absolute Gasteiger partial charge is 0.114 e. The predicted octanol–water partition coefficient (Wildman–Crippen LogP) is 2.67. The van der Waals surface area contributed by atoms with E-state index in [9.17, 15) is 0 Å². The molecule has 3 nitrogen and oxygen atoms in total. The monoisotopic (exact) mass is 243 g/mol. The van der Waals surface area contributed by atoms with Crippen molar-refractivity contribution in [3.8, 4) is 0 Å². The zero-order valence-electron chi connectivity index (χ0n) is 11.1. The van der Waals surface area contributed by atoms with Crippen LogP contribution in [-0.4, -0.2) is 33.9 Å². The number of hydrogen-bond donors (Lipinski definition) is 0. The highest BCUT2D eigenvalue weighted by Gasteiger charge is 2.11. The molecule has 0 N–H and O–H groups in total. The number of fused-ring (bicyclic) bond motifs is 1. The van der Waals surface area contributed by atoms with E-state index in [-0.39, 0.29) is 0 Å². The van der Waals surface area contributed by atoms with Crippen LogP contribution in [0.25, 0.3) is 5.52 Å². The molecule has 1 aliphatic rings. The van der Waals surface area contributed by atoms with Gasteiger partial charge in [-0.05, 0) is 50.6 Å². The standard InChI is InChI=1S/C15H21N3/c1-13-5-10-18-14(11-13)12-16-15(18)6-9-17-7-3-2-4-8-17/h5,10-12H,2-4,6-9H2,1H3. The lowest BCUT2D eigenvalue weighted by Gasteiger charge is -2.25. The quantitative estimate of drug-likeness (QED) is 0.826. The highest BCUT2D eigenvalue weighted by molar-refractivity contribution is 5.48. The maximum Gasteiger partial charge on any atom is 0.114 e. The van der Waals surface area contributed by atoms with E-state index < -0.39 is 0 Å². The first-order chi connectivity index (χ1) is 8.83. The van der Waals surface area contributed by atoms with Crippen molar-refractivity contribution < 1.29 is 0 Å². The number of rotatable bonds is 3. The van der Waals surface area contributed by atoms with Gasteiger partial charge in [-0.1, -0.05) is 6.42 Å². The van der Waals surface area contributed by atoms with Crippen LogP contribution in [0.15, 0.2) is 24.5 Å². The molecule has 3 heteroatoms. The number of likely N-dealkylation sites (tertiary alicyclic amines) is 1. The molecule has 0 bridgehead atoms. The van der Waals surface area contributed by atoms with E-state index in [0.29, 0.717) is 0 Å². The summed E-state index contributed by atoms with van der Waals surface area (Å²) < 4.78 is 2.22. The van der Waals surface area contributed by atoms with Crippen molar-refractivity contribution in [3.63, 3.8) is 0 Å². The van der Waals surface area contributed by atoms with Crippen LogP contribution in [0.2, 0.25) is 0 Å². The summed E-state index contributed by atoms with van der Waals surface area (Å²) in [6, 6.07) is 4.34. The molecule has 0 aromatic carbocycles. The molecular formula is C15H21N3. The van der Waals surface area contributed by atoms with Crippen LogP contribution in [0, 0.1) is 6.92 Å². The summed E-state index contributed by atoms with van der Waals surface area (Å²) in [6.07, 6.45) is 9.31. The minimum atomic E-state index is 1.05. The first kappa shape index (κ1) is 11.7. The minimum absolute atomic E-state index is 1.05. The van der Waals surface area contributed by atoms with E-state index in [1.54, 1.807) is 0 Å². The highest BCUT2D eigenvalue weighted by atomic mass is 15.1. The largest absolute Gasteiger partial charge is 0.304 e. The summed E-state index contributed by atoms with van der Waals surface area (Å²) in [7, 11) is 0. The molecule has 0 amide bonds. The summed E-state index contributed by atoms with van der Waals surface area (Å²) in [5.74, 6) is 1.19. The Morgan fingerprint density at radius 3 is 2.89 bits per heavy atom. The molecular weight excluding hydrogens is 222 g/mol. The van der Waals surface area contributed by atoms with Gasteiger partial charge in [0.15, 0.2) is 0 Å². The number of hydrogen-bond acceptors (Lipinski definition) is 2. The Kier molecular flexibility index (Phi) is 3.33. The van der Waals surface area contributed by atoms with Crippen LogP contribution in [0.4, 0.5) is 0 Å². The van der Waals surface area contributed by atoms with Crippen LogP contribution in [0.3, 0.4) is 0 Å². The lowest BCUT2D eigenvalue weighted by Crippen LogP contribution is -2.31. The van der Waals surface area contributed by atoms with Crippen LogP contribution in [0.5, 0.6) is 0 Å². The molecule has 96 valence electrons. The Morgan fingerprint density at radius 2 is 2.06 bits per heavy atom. The van der Waals surface area contributed by atoms with E-state index in [1.165, 1.54) is 49.3 Å². The normalized spacial score (nSPS) is 17.4. The lowest BCUT2D eigenvalue weighted by molar-refractivity contribution is 0.230. The molecule has 0 spiro atoms. The highest BCUT2D eigenvalue weighted by Crippen LogP contribution is 2.12. The molecule has 3 heterocycles. The Morgan fingerprint density at radius 1 is 1.22 bits per heavy atom. The van der Waals surface area contributed by atoms with Gasteiger partial charge in [0.1, 0.15) is 5.82 Å². The number of aryl methyl sites for hydroxylation is 1. The van der Waals surface area contributed by atoms with Gasteiger partial charge in [0, 0.05) is 19.2 Å². The maximum atomic E-state index is 4.56. The Balaban J connectivity index is 1.70. The van der Waals surface area contributed by atoms with E-state index in [4.69, 9.17) is 0 Å². The molecule has 1 saturated heterocycles. The van der Waals surface area contributed by atoms with Gasteiger partial charge < -0.3 is 9.30 Å². The minimum Gasteiger partial charge on any atom is -0.304 e. The van der Waals surface area contributed by atoms with Gasteiger partial charge >= 0.3 is 0 Å². The second-order valence-electron chi connectivity index (χ2n) is 5.33. The van der Waals surface area contributed by atoms with Crippen molar-refractivity contribution in [1.29, 1.82) is 0 Å². The van der Waals surface area contributed by atoms with Crippen LogP contribution in [0.1, 0.15) is 30.7 Å². The topological polar surface area (TPSA) is 20.5 Å². The van der Waals surface area contributed by atoms with Gasteiger partial charge in [0.05, 0.1) is 11.7 Å². The molecule has 0 atom stereocenters. The average molecular weight is 243 g/mol. The lowest BCUT2D eigenvalue weighted by atomic mass is 10.1. The maximum absolute atomic E-state index is 4.56. The van der Waals surface area contributed by atoms with Gasteiger partial charge in [0.25, 0.3) is 0 Å². The number of nitrogens with zero attached hydrogens (tertiary/aromatic N) is 3. The summed E-state index contributed by atoms with van der Waals surface area (Å²) in [4.78, 5) is 7.13. The van der Waals surface area contributed by atoms with Crippen LogP contribution >= 0.6 is 0 Å². The van der Waals surface area contributed by atoms with E-state index in [2.05, 4.69) is 39.5 Å². The molecule has 0 unspecified atom stereocenters. The summed E-state index contributed by atoms with van der Waals surface area (Å²) in [6.45, 7) is 5.80. The van der Waals surface area contributed by atoms with Crippen LogP contribution in [-0.2, 0) is 6.42 Å². The molecule has 3 rings (SSSR count). The molecule has 1 aliphatic heterocycles. The third-order valence-electron chi connectivity index (χ3n) is 3.86. The molecule has 0 radical (unpaired) electrons. The van der Waals surface area contributed by atoms with Crippen molar-refractivity contribution in [2.75, 3.05) is 19.6 Å². The second-order valence-corrected chi connectivity index (χ2v) is 5.33. The molecule has 2 aromatic rings. The van der Waals surface area contributed by atoms with Crippen molar-refractivity contribution in [3.05, 3.63) is 35.9 Å². The summed E-state index contributed by atoms with van der Waals surface area (Å²) in [5, 5.41) is 0. The average Bonchev–Trinajstić information content (AvgIpc) is 2.80. The summed E-state index contributed by atoms with van der Waals surface area (Å²) in [5.41, 5.74) is 2.51. The SMILES string of the molecule is Cc1ccn2c(CCN3CCCCC3)ncc2c1. The predicted molar refractivity (Wildman–Crippen MR) is 73.9 cm³/mol. The number of imidazole rings is 1. The van der Waals surface area contributed by atoms with E-state index in [0.717, 1.165) is 13.0 Å². The molecule has 1 fully saturated rings. The van der Waals surface area contributed by atoms with Gasteiger partial charge in [0.2, 0.25) is 0 Å². The zero-order chi connectivity index (χ0) is 12.4. The Hall–Kier alpha value is -1.35. The zero-order valence-corrected chi connectivity index (χ0v) is 11.1. The van der Waals surface area contributed by atoms with Crippen LogP contribution < -0.4 is 0 Å². The fraction of sp³-hybridized carbons (Fsp3) is 0.533. The second kappa shape index (κ2) is 5.11. The van der Waals surface area contributed by atoms with Gasteiger partial charge in [-0.2, -0.15) is 0 Å². The third kappa shape index (κ3) is 2.41. The van der Waals surface area contributed by atoms with Gasteiger partial charge in [-0.25, -0.2) is 4.98 Å². The number of aromatic nitrogens is 2. The fourth-order valence-corrected chi connectivity index (χ4v) is 2.79. The van der Waals surface area contributed by atoms with Crippen molar-refractivity contribution in [2.24, 2.45) is 0 Å². The number of pyridine rings is 1. The first-order valence-electron chi connectivity index (χ1n) is 6.98. The first-order valence-corrected chi connectivity index (χ1v) is 6.98. The van der Waals surface area contributed by atoms with Gasteiger partial charge in [-0.3, -0.25) is 0 Å². The van der Waals surface area contributed by atoms with Gasteiger partial charge in [-0.15, -0.1) is 0 Å². The Labute approximate surface area is 108 Å². The van der Waals surface area contributed by atoms with Crippen molar-refractivity contribution in [2.45, 2.75) is 32.6 Å². The third-order valence-corrected chi connectivity index (χ3v) is 3.86. The molecule has 18 heavy (non-hydrogen) atoms. The molecule has 0 aliphatic carbocycles. The van der Waals surface area contributed by atoms with Crippen molar-refractivity contribution >= 4 is 5.52 Å². The molecule has 2 aromatic heterocycles. The van der Waals surface area contributed by atoms with Crippen molar-refractivity contribution in [1.82, 2.24) is 14.3 Å². The van der Waals surface area contributed by atoms with E-state index in [1.807, 2.05) is 6.20 Å². The number of piperidine rings is 1. The Bertz CT molecular complexity index is 524.